The summed E-state index contributed by atoms with van der Waals surface area (Å²) in [5.74, 6) is 2.50. The Bertz CT molecular complexity index is 997. The van der Waals surface area contributed by atoms with Gasteiger partial charge in [0.25, 0.3) is 0 Å². The molecule has 0 radical (unpaired) electrons. The van der Waals surface area contributed by atoms with Crippen LogP contribution in [0, 0.1) is 11.3 Å². The van der Waals surface area contributed by atoms with Crippen LogP contribution in [0.15, 0.2) is 17.3 Å². The van der Waals surface area contributed by atoms with Crippen molar-refractivity contribution in [2.75, 3.05) is 44.4 Å². The summed E-state index contributed by atoms with van der Waals surface area (Å²) < 4.78 is 28.1. The quantitative estimate of drug-likeness (QED) is 0.629. The topological polar surface area (TPSA) is 110 Å². The Morgan fingerprint density at radius 1 is 1.25 bits per heavy atom. The van der Waals surface area contributed by atoms with Crippen molar-refractivity contribution in [3.8, 4) is 0 Å². The number of aromatic amines is 1. The number of sulfonamides is 1. The van der Waals surface area contributed by atoms with Crippen molar-refractivity contribution in [3.05, 3.63) is 17.8 Å². The van der Waals surface area contributed by atoms with E-state index in [0.29, 0.717) is 38.8 Å². The van der Waals surface area contributed by atoms with Crippen molar-refractivity contribution in [1.82, 2.24) is 19.5 Å². The van der Waals surface area contributed by atoms with Crippen molar-refractivity contribution in [3.63, 3.8) is 0 Å². The number of amidine groups is 1. The minimum atomic E-state index is -3.31. The van der Waals surface area contributed by atoms with Crippen LogP contribution in [0.25, 0.3) is 0 Å². The van der Waals surface area contributed by atoms with Gasteiger partial charge in [-0.15, -0.1) is 0 Å². The Morgan fingerprint density at radius 2 is 2.06 bits per heavy atom. The van der Waals surface area contributed by atoms with E-state index in [2.05, 4.69) is 32.6 Å². The third-order valence-corrected chi connectivity index (χ3v) is 9.82. The average molecular weight is 463 g/mol. The van der Waals surface area contributed by atoms with Crippen LogP contribution in [-0.4, -0.2) is 79.5 Å². The number of anilines is 1. The van der Waals surface area contributed by atoms with Crippen molar-refractivity contribution in [2.45, 2.75) is 51.0 Å². The first-order chi connectivity index (χ1) is 15.4. The zero-order valence-electron chi connectivity index (χ0n) is 18.8. The summed E-state index contributed by atoms with van der Waals surface area (Å²) in [5, 5.41) is 6.15. The van der Waals surface area contributed by atoms with Crippen LogP contribution in [0.5, 0.6) is 0 Å². The number of aromatic nitrogens is 1. The molecule has 1 aromatic rings. The molecule has 0 bridgehead atoms. The SMILES string of the molecule is CN(C1=NCNc2[nH]ccc21)C1CCC(CS(=O)(=O)N2CCCC3(CNC(=O)C3)C2)CC1. The molecule has 3 fully saturated rings. The summed E-state index contributed by atoms with van der Waals surface area (Å²) >= 11 is 0. The molecule has 1 atom stereocenters. The van der Waals surface area contributed by atoms with Crippen LogP contribution in [0.4, 0.5) is 5.82 Å². The first kappa shape index (κ1) is 21.8. The normalized spacial score (nSPS) is 31.0. The highest BCUT2D eigenvalue weighted by atomic mass is 32.2. The number of carbonyl (C=O) groups excluding carboxylic acids is 1. The van der Waals surface area contributed by atoms with Crippen molar-refractivity contribution in [1.29, 1.82) is 0 Å². The smallest absolute Gasteiger partial charge is 0.220 e. The van der Waals surface area contributed by atoms with E-state index in [1.54, 1.807) is 4.31 Å². The van der Waals surface area contributed by atoms with Gasteiger partial charge in [-0.25, -0.2) is 17.7 Å². The standard InChI is InChI=1S/C22H34N6O3S/c1-27(21-18-7-9-23-20(18)25-15-26-21)17-5-3-16(4-6-17)12-32(30,31)28-10-2-8-22(14-28)11-19(29)24-13-22/h7,9,16-17,23,25H,2-6,8,10-15H2,1H3,(H,24,29). The van der Waals surface area contributed by atoms with Gasteiger partial charge >= 0.3 is 0 Å². The van der Waals surface area contributed by atoms with Crippen LogP contribution in [0.3, 0.4) is 0 Å². The van der Waals surface area contributed by atoms with Gasteiger partial charge in [-0.3, -0.25) is 4.79 Å². The number of nitrogens with one attached hydrogen (secondary N) is 3. The van der Waals surface area contributed by atoms with Crippen LogP contribution >= 0.6 is 0 Å². The lowest BCUT2D eigenvalue weighted by Gasteiger charge is -2.40. The molecule has 1 aliphatic carbocycles. The van der Waals surface area contributed by atoms with E-state index < -0.39 is 10.0 Å². The monoisotopic (exact) mass is 462 g/mol. The Hall–Kier alpha value is -2.07. The Kier molecular flexibility index (Phi) is 5.69. The molecule has 176 valence electrons. The number of hydrogen-bond acceptors (Lipinski definition) is 6. The number of carbonyl (C=O) groups is 1. The first-order valence-electron chi connectivity index (χ1n) is 11.8. The summed E-state index contributed by atoms with van der Waals surface area (Å²) in [7, 11) is -1.21. The summed E-state index contributed by atoms with van der Waals surface area (Å²) in [5.41, 5.74) is 0.900. The van der Waals surface area contributed by atoms with E-state index >= 15 is 0 Å². The summed E-state index contributed by atoms with van der Waals surface area (Å²) in [6.07, 6.45) is 7.93. The summed E-state index contributed by atoms with van der Waals surface area (Å²) in [6.45, 7) is 2.25. The van der Waals surface area contributed by atoms with Gasteiger partial charge in [-0.1, -0.05) is 0 Å². The van der Waals surface area contributed by atoms with E-state index in [9.17, 15) is 13.2 Å². The zero-order valence-corrected chi connectivity index (χ0v) is 19.6. The van der Waals surface area contributed by atoms with Crippen molar-refractivity contribution < 1.29 is 13.2 Å². The maximum atomic E-state index is 13.2. The van der Waals surface area contributed by atoms with Gasteiger partial charge in [-0.05, 0) is 50.5 Å². The molecule has 3 N–H and O–H groups in total. The average Bonchev–Trinajstić information content (AvgIpc) is 3.40. The molecule has 32 heavy (non-hydrogen) atoms. The number of H-pyrrole nitrogens is 1. The Labute approximate surface area is 190 Å². The lowest BCUT2D eigenvalue weighted by Crippen LogP contribution is -2.48. The van der Waals surface area contributed by atoms with Gasteiger partial charge in [0.15, 0.2) is 0 Å². The second kappa shape index (κ2) is 8.37. The number of nitrogens with zero attached hydrogens (tertiary/aromatic N) is 3. The molecule has 0 aromatic carbocycles. The highest BCUT2D eigenvalue weighted by molar-refractivity contribution is 7.89. The molecule has 9 nitrogen and oxygen atoms in total. The second-order valence-corrected chi connectivity index (χ2v) is 12.1. The van der Waals surface area contributed by atoms with E-state index in [0.717, 1.165) is 55.7 Å². The fraction of sp³-hybridized carbons (Fsp3) is 0.727. The maximum absolute atomic E-state index is 13.2. The number of piperidine rings is 1. The zero-order chi connectivity index (χ0) is 22.3. The molecule has 2 saturated heterocycles. The molecule has 1 amide bonds. The largest absolute Gasteiger partial charge is 0.356 e. The lowest BCUT2D eigenvalue weighted by molar-refractivity contribution is -0.119. The number of rotatable bonds is 4. The number of hydrogen-bond donors (Lipinski definition) is 3. The number of fused-ring (bicyclic) bond motifs is 1. The molecule has 1 unspecified atom stereocenters. The second-order valence-electron chi connectivity index (χ2n) is 10.0. The van der Waals surface area contributed by atoms with E-state index in [1.807, 2.05) is 12.3 Å². The minimum absolute atomic E-state index is 0.0526. The van der Waals surface area contributed by atoms with E-state index in [4.69, 9.17) is 0 Å². The molecule has 1 spiro atoms. The third kappa shape index (κ3) is 4.14. The molecule has 1 saturated carbocycles. The fourth-order valence-corrected chi connectivity index (χ4v) is 8.02. The molecule has 5 rings (SSSR count). The van der Waals surface area contributed by atoms with Gasteiger partial charge < -0.3 is 20.5 Å². The third-order valence-electron chi connectivity index (χ3n) is 7.83. The first-order valence-corrected chi connectivity index (χ1v) is 13.4. The minimum Gasteiger partial charge on any atom is -0.356 e. The predicted octanol–water partition coefficient (Wildman–Crippen LogP) is 1.57. The highest BCUT2D eigenvalue weighted by Gasteiger charge is 2.45. The van der Waals surface area contributed by atoms with Crippen LogP contribution < -0.4 is 10.6 Å². The van der Waals surface area contributed by atoms with Gasteiger partial charge in [0, 0.05) is 50.8 Å². The van der Waals surface area contributed by atoms with E-state index in [-0.39, 0.29) is 23.0 Å². The molecular weight excluding hydrogens is 428 g/mol. The Balaban J connectivity index is 1.17. The molecule has 4 heterocycles. The van der Waals surface area contributed by atoms with Crippen molar-refractivity contribution in [2.24, 2.45) is 16.3 Å². The predicted molar refractivity (Wildman–Crippen MR) is 124 cm³/mol. The van der Waals surface area contributed by atoms with Crippen molar-refractivity contribution >= 4 is 27.6 Å². The number of aliphatic imine (C=N–C) groups is 1. The molecule has 10 heteroatoms. The van der Waals surface area contributed by atoms with Crippen LogP contribution in [-0.2, 0) is 14.8 Å². The van der Waals surface area contributed by atoms with Gasteiger partial charge in [0.2, 0.25) is 15.9 Å². The summed E-state index contributed by atoms with van der Waals surface area (Å²) in [6, 6.07) is 2.43. The van der Waals surface area contributed by atoms with Gasteiger partial charge in [-0.2, -0.15) is 0 Å². The highest BCUT2D eigenvalue weighted by Crippen LogP contribution is 2.38. The molecule has 4 aliphatic rings. The van der Waals surface area contributed by atoms with Gasteiger partial charge in [0.05, 0.1) is 11.3 Å². The fourth-order valence-electron chi connectivity index (χ4n) is 6.00. The molecule has 1 aromatic heterocycles. The van der Waals surface area contributed by atoms with E-state index in [1.165, 1.54) is 0 Å². The van der Waals surface area contributed by atoms with Gasteiger partial charge in [0.1, 0.15) is 18.3 Å². The van der Waals surface area contributed by atoms with Crippen LogP contribution in [0.1, 0.15) is 50.5 Å². The Morgan fingerprint density at radius 3 is 2.81 bits per heavy atom. The molecule has 3 aliphatic heterocycles. The summed E-state index contributed by atoms with van der Waals surface area (Å²) in [4.78, 5) is 21.9. The lowest BCUT2D eigenvalue weighted by atomic mass is 9.80. The maximum Gasteiger partial charge on any atom is 0.220 e. The van der Waals surface area contributed by atoms with Crippen LogP contribution in [0.2, 0.25) is 0 Å². The number of amides is 1. The molecular formula is C22H34N6O3S.